The molecule has 84 valence electrons. The second-order valence-electron chi connectivity index (χ2n) is 3.57. The van der Waals surface area contributed by atoms with Crippen LogP contribution in [0.3, 0.4) is 0 Å². The summed E-state index contributed by atoms with van der Waals surface area (Å²) in [4.78, 5) is 16.0. The molecule has 0 unspecified atom stereocenters. The van der Waals surface area contributed by atoms with Crippen molar-refractivity contribution in [3.8, 4) is 0 Å². The third-order valence-electron chi connectivity index (χ3n) is 2.30. The molecule has 2 heterocycles. The van der Waals surface area contributed by atoms with Gasteiger partial charge in [-0.15, -0.1) is 0 Å². The van der Waals surface area contributed by atoms with Gasteiger partial charge in [0, 0.05) is 25.0 Å². The van der Waals surface area contributed by atoms with Crippen molar-refractivity contribution in [1.29, 1.82) is 0 Å². The second-order valence-corrected chi connectivity index (χ2v) is 4.42. The van der Waals surface area contributed by atoms with Crippen molar-refractivity contribution in [2.24, 2.45) is 7.05 Å². The molecule has 0 spiro atoms. The van der Waals surface area contributed by atoms with Gasteiger partial charge in [0.15, 0.2) is 0 Å². The van der Waals surface area contributed by atoms with Crippen molar-refractivity contribution in [2.45, 2.75) is 13.5 Å². The number of rotatable bonds is 2. The van der Waals surface area contributed by atoms with Gasteiger partial charge in [-0.3, -0.25) is 14.0 Å². The third-order valence-corrected chi connectivity index (χ3v) is 2.85. The zero-order chi connectivity index (χ0) is 11.7. The van der Waals surface area contributed by atoms with E-state index in [0.717, 1.165) is 5.56 Å². The lowest BCUT2D eigenvalue weighted by Crippen LogP contribution is -2.24. The molecule has 0 amide bonds. The second kappa shape index (κ2) is 4.21. The Kier molecular flexibility index (Phi) is 2.91. The zero-order valence-electron chi connectivity index (χ0n) is 9.01. The van der Waals surface area contributed by atoms with Gasteiger partial charge in [-0.05, 0) is 22.9 Å². The van der Waals surface area contributed by atoms with Crippen LogP contribution < -0.4 is 5.56 Å². The van der Waals surface area contributed by atoms with Crippen LogP contribution in [0.15, 0.2) is 27.9 Å². The Hall–Kier alpha value is -1.43. The minimum absolute atomic E-state index is 0.0728. The van der Waals surface area contributed by atoms with Crippen molar-refractivity contribution < 1.29 is 0 Å². The van der Waals surface area contributed by atoms with Crippen LogP contribution in [0.25, 0.3) is 0 Å². The third kappa shape index (κ3) is 2.06. The highest BCUT2D eigenvalue weighted by molar-refractivity contribution is 9.10. The molecular formula is C10H11BrN4O. The van der Waals surface area contributed by atoms with E-state index in [4.69, 9.17) is 0 Å². The standard InChI is InChI=1S/C10H11BrN4O/c1-7-12-4-9(11)10(16)15(7)6-8-3-13-14(2)5-8/h3-5H,6H2,1-2H3. The van der Waals surface area contributed by atoms with E-state index in [0.29, 0.717) is 16.8 Å². The average Bonchev–Trinajstić information content (AvgIpc) is 2.65. The highest BCUT2D eigenvalue weighted by Crippen LogP contribution is 2.04. The van der Waals surface area contributed by atoms with Crippen molar-refractivity contribution >= 4 is 15.9 Å². The van der Waals surface area contributed by atoms with Crippen LogP contribution >= 0.6 is 15.9 Å². The number of hydrogen-bond acceptors (Lipinski definition) is 3. The predicted octanol–water partition coefficient (Wildman–Crippen LogP) is 1.10. The minimum atomic E-state index is -0.0728. The van der Waals surface area contributed by atoms with E-state index in [2.05, 4.69) is 26.0 Å². The fourth-order valence-electron chi connectivity index (χ4n) is 1.47. The molecule has 5 nitrogen and oxygen atoms in total. The Balaban J connectivity index is 2.42. The van der Waals surface area contributed by atoms with Gasteiger partial charge in [-0.2, -0.15) is 5.10 Å². The summed E-state index contributed by atoms with van der Waals surface area (Å²) < 4.78 is 3.80. The van der Waals surface area contributed by atoms with Gasteiger partial charge in [0.25, 0.3) is 5.56 Å². The largest absolute Gasteiger partial charge is 0.291 e. The Morgan fingerprint density at radius 2 is 2.19 bits per heavy atom. The van der Waals surface area contributed by atoms with Gasteiger partial charge in [0.1, 0.15) is 10.3 Å². The van der Waals surface area contributed by atoms with Gasteiger partial charge >= 0.3 is 0 Å². The van der Waals surface area contributed by atoms with Gasteiger partial charge in [-0.25, -0.2) is 4.98 Å². The molecule has 2 aromatic heterocycles. The number of nitrogens with zero attached hydrogens (tertiary/aromatic N) is 4. The summed E-state index contributed by atoms with van der Waals surface area (Å²) in [6.07, 6.45) is 5.15. The van der Waals surface area contributed by atoms with Crippen molar-refractivity contribution in [2.75, 3.05) is 0 Å². The molecule has 0 aliphatic carbocycles. The van der Waals surface area contributed by atoms with Crippen LogP contribution in [0, 0.1) is 6.92 Å². The molecule has 0 saturated heterocycles. The summed E-state index contributed by atoms with van der Waals surface area (Å²) in [5.74, 6) is 0.692. The fourth-order valence-corrected chi connectivity index (χ4v) is 1.79. The molecule has 16 heavy (non-hydrogen) atoms. The minimum Gasteiger partial charge on any atom is -0.291 e. The van der Waals surface area contributed by atoms with Gasteiger partial charge in [-0.1, -0.05) is 0 Å². The summed E-state index contributed by atoms with van der Waals surface area (Å²) in [5.41, 5.74) is 0.906. The maximum Gasteiger partial charge on any atom is 0.268 e. The molecule has 0 aliphatic rings. The summed E-state index contributed by atoms with van der Waals surface area (Å²) >= 11 is 3.18. The normalized spacial score (nSPS) is 10.7. The van der Waals surface area contributed by atoms with Crippen LogP contribution in [0.5, 0.6) is 0 Å². The lowest BCUT2D eigenvalue weighted by Gasteiger charge is -2.07. The highest BCUT2D eigenvalue weighted by Gasteiger charge is 2.06. The number of halogens is 1. The smallest absolute Gasteiger partial charge is 0.268 e. The van der Waals surface area contributed by atoms with Crippen molar-refractivity contribution in [1.82, 2.24) is 19.3 Å². The lowest BCUT2D eigenvalue weighted by molar-refractivity contribution is 0.694. The van der Waals surface area contributed by atoms with Crippen LogP contribution in [-0.2, 0) is 13.6 Å². The molecule has 0 aliphatic heterocycles. The first-order valence-electron chi connectivity index (χ1n) is 4.77. The van der Waals surface area contributed by atoms with Crippen molar-refractivity contribution in [3.05, 3.63) is 44.8 Å². The molecular weight excluding hydrogens is 272 g/mol. The summed E-state index contributed by atoms with van der Waals surface area (Å²) in [6.45, 7) is 2.30. The number of hydrogen-bond donors (Lipinski definition) is 0. The van der Waals surface area contributed by atoms with Gasteiger partial charge < -0.3 is 0 Å². The van der Waals surface area contributed by atoms with E-state index >= 15 is 0 Å². The maximum atomic E-state index is 11.8. The van der Waals surface area contributed by atoms with Crippen LogP contribution in [0.2, 0.25) is 0 Å². The Morgan fingerprint density at radius 1 is 1.44 bits per heavy atom. The number of aryl methyl sites for hydroxylation is 2. The summed E-state index contributed by atoms with van der Waals surface area (Å²) in [6, 6.07) is 0. The van der Waals surface area contributed by atoms with Crippen molar-refractivity contribution in [3.63, 3.8) is 0 Å². The SMILES string of the molecule is Cc1ncc(Br)c(=O)n1Cc1cnn(C)c1. The topological polar surface area (TPSA) is 52.7 Å². The summed E-state index contributed by atoms with van der Waals surface area (Å²) in [5, 5.41) is 4.06. The average molecular weight is 283 g/mol. The molecule has 2 rings (SSSR count). The molecule has 0 N–H and O–H groups in total. The van der Waals surface area contributed by atoms with E-state index in [1.165, 1.54) is 6.20 Å². The van der Waals surface area contributed by atoms with E-state index in [1.54, 1.807) is 15.4 Å². The predicted molar refractivity (Wildman–Crippen MR) is 63.2 cm³/mol. The zero-order valence-corrected chi connectivity index (χ0v) is 10.6. The molecule has 0 bridgehead atoms. The fraction of sp³-hybridized carbons (Fsp3) is 0.300. The lowest BCUT2D eigenvalue weighted by atomic mass is 10.3. The monoisotopic (exact) mass is 282 g/mol. The van der Waals surface area contributed by atoms with E-state index in [1.807, 2.05) is 20.2 Å². The van der Waals surface area contributed by atoms with E-state index in [-0.39, 0.29) is 5.56 Å². The Labute approximate surface area is 101 Å². The molecule has 6 heteroatoms. The van der Waals surface area contributed by atoms with Crippen LogP contribution in [0.1, 0.15) is 11.4 Å². The van der Waals surface area contributed by atoms with Crippen LogP contribution in [-0.4, -0.2) is 19.3 Å². The molecule has 0 fully saturated rings. The van der Waals surface area contributed by atoms with Gasteiger partial charge in [0.05, 0.1) is 12.7 Å². The quantitative estimate of drug-likeness (QED) is 0.829. The molecule has 0 radical (unpaired) electrons. The molecule has 2 aromatic rings. The Morgan fingerprint density at radius 3 is 2.81 bits per heavy atom. The first-order valence-corrected chi connectivity index (χ1v) is 5.56. The first kappa shape index (κ1) is 11.1. The van der Waals surface area contributed by atoms with Gasteiger partial charge in [0.2, 0.25) is 0 Å². The summed E-state index contributed by atoms with van der Waals surface area (Å²) in [7, 11) is 1.85. The van der Waals surface area contributed by atoms with E-state index < -0.39 is 0 Å². The maximum absolute atomic E-state index is 11.8. The molecule has 0 aromatic carbocycles. The Bertz CT molecular complexity index is 572. The molecule has 0 saturated carbocycles. The molecule has 0 atom stereocenters. The highest BCUT2D eigenvalue weighted by atomic mass is 79.9. The van der Waals surface area contributed by atoms with E-state index in [9.17, 15) is 4.79 Å². The first-order chi connectivity index (χ1) is 7.58. The van der Waals surface area contributed by atoms with Crippen LogP contribution in [0.4, 0.5) is 0 Å². The number of aromatic nitrogens is 4.